The number of anilines is 3. The number of aromatic amines is 1. The zero-order chi connectivity index (χ0) is 23.7. The van der Waals surface area contributed by atoms with Crippen molar-refractivity contribution in [3.63, 3.8) is 0 Å². The van der Waals surface area contributed by atoms with Gasteiger partial charge in [-0.3, -0.25) is 9.89 Å². The second kappa shape index (κ2) is 8.84. The second-order valence-corrected chi connectivity index (χ2v) is 9.01. The summed E-state index contributed by atoms with van der Waals surface area (Å²) < 4.78 is 1.77. The molecular weight excluding hydrogens is 438 g/mol. The summed E-state index contributed by atoms with van der Waals surface area (Å²) in [5.41, 5.74) is 0.764. The summed E-state index contributed by atoms with van der Waals surface area (Å²) in [6.45, 7) is 4.01. The number of H-pyrrole nitrogens is 1. The third kappa shape index (κ3) is 4.22. The van der Waals surface area contributed by atoms with E-state index in [1.807, 2.05) is 36.2 Å². The number of aryl methyl sites for hydroxylation is 1. The Morgan fingerprint density at radius 1 is 1.15 bits per heavy atom. The second-order valence-electron chi connectivity index (χ2n) is 9.01. The van der Waals surface area contributed by atoms with E-state index >= 15 is 0 Å². The molecule has 0 unspecified atom stereocenters. The molecule has 3 aromatic rings. The van der Waals surface area contributed by atoms with Crippen LogP contribution in [0.4, 0.5) is 22.4 Å². The average molecular weight is 468 g/mol. The molecule has 1 saturated heterocycles. The summed E-state index contributed by atoms with van der Waals surface area (Å²) in [4.78, 5) is 33.4. The van der Waals surface area contributed by atoms with Gasteiger partial charge in [-0.05, 0) is 31.9 Å². The third-order valence-corrected chi connectivity index (χ3v) is 6.64. The molecule has 0 spiro atoms. The monoisotopic (exact) mass is 467 g/mol. The molecule has 4 N–H and O–H groups in total. The zero-order valence-electron chi connectivity index (χ0n) is 19.1. The summed E-state index contributed by atoms with van der Waals surface area (Å²) in [7, 11) is 0. The maximum atomic E-state index is 13.4. The molecule has 2 aliphatic rings. The number of nitrogens with zero attached hydrogens (tertiary/aromatic N) is 6. The van der Waals surface area contributed by atoms with Gasteiger partial charge in [-0.1, -0.05) is 19.3 Å². The first-order valence-corrected chi connectivity index (χ1v) is 11.6. The van der Waals surface area contributed by atoms with Crippen molar-refractivity contribution in [2.45, 2.75) is 44.6 Å². The highest BCUT2D eigenvalue weighted by Gasteiger charge is 2.44. The van der Waals surface area contributed by atoms with Crippen molar-refractivity contribution in [1.29, 1.82) is 0 Å². The Labute approximate surface area is 196 Å². The third-order valence-electron chi connectivity index (χ3n) is 6.64. The van der Waals surface area contributed by atoms with Crippen molar-refractivity contribution in [3.8, 4) is 0 Å². The summed E-state index contributed by atoms with van der Waals surface area (Å²) in [6, 6.07) is 5.74. The Bertz CT molecular complexity index is 1190. The fraction of sp³-hybridized carbons (Fsp3) is 0.500. The lowest BCUT2D eigenvalue weighted by atomic mass is 9.80. The van der Waals surface area contributed by atoms with Crippen LogP contribution in [0, 0.1) is 6.92 Å². The molecule has 0 atom stereocenters. The normalized spacial score (nSPS) is 18.1. The molecule has 1 aliphatic heterocycles. The number of piperazine rings is 1. The molecule has 12 heteroatoms. The van der Waals surface area contributed by atoms with Crippen LogP contribution < -0.4 is 15.5 Å². The summed E-state index contributed by atoms with van der Waals surface area (Å²) in [6.07, 6.45) is 4.54. The maximum absolute atomic E-state index is 13.4. The van der Waals surface area contributed by atoms with E-state index in [4.69, 9.17) is 4.98 Å². The number of hydrogen-bond donors (Lipinski definition) is 4. The highest BCUT2D eigenvalue weighted by molar-refractivity contribution is 5.90. The summed E-state index contributed by atoms with van der Waals surface area (Å²) in [5, 5.41) is 27.0. The molecule has 2 amide bonds. The van der Waals surface area contributed by atoms with E-state index in [0.29, 0.717) is 56.6 Å². The molecule has 5 rings (SSSR count). The fourth-order valence-electron chi connectivity index (χ4n) is 4.92. The van der Waals surface area contributed by atoms with Gasteiger partial charge in [0.15, 0.2) is 11.6 Å². The van der Waals surface area contributed by atoms with Crippen LogP contribution in [0.1, 0.15) is 37.8 Å². The summed E-state index contributed by atoms with van der Waals surface area (Å²) in [5.74, 6) is 1.75. The van der Waals surface area contributed by atoms with Crippen LogP contribution in [-0.4, -0.2) is 78.5 Å². The summed E-state index contributed by atoms with van der Waals surface area (Å²) >= 11 is 0. The van der Waals surface area contributed by atoms with Crippen molar-refractivity contribution < 1.29 is 14.7 Å². The number of amides is 2. The first kappa shape index (κ1) is 22.0. The largest absolute Gasteiger partial charge is 0.465 e. The first-order valence-electron chi connectivity index (χ1n) is 11.6. The van der Waals surface area contributed by atoms with Gasteiger partial charge >= 0.3 is 6.09 Å². The number of carboxylic acid groups (broad SMARTS) is 1. The molecular formula is C22H29N9O3. The van der Waals surface area contributed by atoms with Gasteiger partial charge in [0.25, 0.3) is 0 Å². The lowest BCUT2D eigenvalue weighted by Gasteiger charge is -2.42. The van der Waals surface area contributed by atoms with E-state index in [1.165, 1.54) is 0 Å². The van der Waals surface area contributed by atoms with E-state index in [0.717, 1.165) is 30.5 Å². The predicted molar refractivity (Wildman–Crippen MR) is 125 cm³/mol. The van der Waals surface area contributed by atoms with Crippen LogP contribution in [0.2, 0.25) is 0 Å². The van der Waals surface area contributed by atoms with Crippen LogP contribution in [0.3, 0.4) is 0 Å². The van der Waals surface area contributed by atoms with Gasteiger partial charge in [0.1, 0.15) is 11.1 Å². The van der Waals surface area contributed by atoms with Crippen molar-refractivity contribution in [3.05, 3.63) is 30.1 Å². The molecule has 0 aromatic carbocycles. The first-order chi connectivity index (χ1) is 16.4. The number of hydrogen-bond acceptors (Lipinski definition) is 7. The van der Waals surface area contributed by atoms with Crippen LogP contribution in [0.5, 0.6) is 0 Å². The predicted octanol–water partition coefficient (Wildman–Crippen LogP) is 2.12. The van der Waals surface area contributed by atoms with Gasteiger partial charge in [0.2, 0.25) is 11.9 Å². The SMILES string of the molecule is Cc1cc(Nc2nc(N3CCN(C(=O)C4(NC(=O)O)CCCCC4)CC3)nn3cccc23)n[nH]1. The minimum absolute atomic E-state index is 0.118. The van der Waals surface area contributed by atoms with Crippen molar-refractivity contribution in [1.82, 2.24) is 35.0 Å². The highest BCUT2D eigenvalue weighted by Crippen LogP contribution is 2.31. The lowest BCUT2D eigenvalue weighted by molar-refractivity contribution is -0.140. The topological polar surface area (TPSA) is 144 Å². The molecule has 1 saturated carbocycles. The molecule has 4 heterocycles. The number of carbonyl (C=O) groups excluding carboxylic acids is 1. The molecule has 180 valence electrons. The van der Waals surface area contributed by atoms with Gasteiger partial charge < -0.3 is 25.5 Å². The average Bonchev–Trinajstić information content (AvgIpc) is 3.47. The lowest BCUT2D eigenvalue weighted by Crippen LogP contribution is -2.63. The van der Waals surface area contributed by atoms with Crippen molar-refractivity contribution >= 4 is 35.1 Å². The van der Waals surface area contributed by atoms with E-state index < -0.39 is 11.6 Å². The minimum atomic E-state index is -1.14. The number of aromatic nitrogens is 5. The minimum Gasteiger partial charge on any atom is -0.465 e. The standard InChI is InChI=1S/C22H29N9O3/c1-15-14-17(27-26-15)23-18-16-6-5-9-31(16)28-20(24-18)30-12-10-29(11-13-30)19(32)22(25-21(33)34)7-3-2-4-8-22/h5-6,9,14,25H,2-4,7-8,10-13H2,1H3,(H,33,34)(H2,23,24,26,27,28). The quantitative estimate of drug-likeness (QED) is 0.447. The Kier molecular flexibility index (Phi) is 5.72. The van der Waals surface area contributed by atoms with Crippen LogP contribution in [0.15, 0.2) is 24.4 Å². The number of carbonyl (C=O) groups is 2. The smallest absolute Gasteiger partial charge is 0.405 e. The van der Waals surface area contributed by atoms with Gasteiger partial charge in [0.05, 0.1) is 0 Å². The molecule has 1 aliphatic carbocycles. The Morgan fingerprint density at radius 3 is 2.59 bits per heavy atom. The Morgan fingerprint density at radius 2 is 1.91 bits per heavy atom. The van der Waals surface area contributed by atoms with E-state index in [2.05, 4.69) is 25.9 Å². The number of rotatable bonds is 5. The van der Waals surface area contributed by atoms with E-state index in [1.54, 1.807) is 9.42 Å². The van der Waals surface area contributed by atoms with Crippen molar-refractivity contribution in [2.24, 2.45) is 0 Å². The van der Waals surface area contributed by atoms with Crippen LogP contribution in [-0.2, 0) is 4.79 Å². The molecule has 2 fully saturated rings. The molecule has 0 radical (unpaired) electrons. The fourth-order valence-corrected chi connectivity index (χ4v) is 4.92. The highest BCUT2D eigenvalue weighted by atomic mass is 16.4. The zero-order valence-corrected chi connectivity index (χ0v) is 19.1. The van der Waals surface area contributed by atoms with Crippen molar-refractivity contribution in [2.75, 3.05) is 36.4 Å². The maximum Gasteiger partial charge on any atom is 0.405 e. The number of nitrogens with one attached hydrogen (secondary N) is 3. The van der Waals surface area contributed by atoms with Gasteiger partial charge in [-0.2, -0.15) is 10.1 Å². The van der Waals surface area contributed by atoms with Crippen LogP contribution in [0.25, 0.3) is 5.52 Å². The van der Waals surface area contributed by atoms with Gasteiger partial charge in [-0.15, -0.1) is 5.10 Å². The molecule has 0 bridgehead atoms. The van der Waals surface area contributed by atoms with E-state index in [9.17, 15) is 14.7 Å². The molecule has 34 heavy (non-hydrogen) atoms. The van der Waals surface area contributed by atoms with Gasteiger partial charge in [-0.25, -0.2) is 9.31 Å². The van der Waals surface area contributed by atoms with Gasteiger partial charge in [0, 0.05) is 44.1 Å². The Hall–Kier alpha value is -3.83. The van der Waals surface area contributed by atoms with E-state index in [-0.39, 0.29) is 5.91 Å². The van der Waals surface area contributed by atoms with Crippen LogP contribution >= 0.6 is 0 Å². The molecule has 3 aromatic heterocycles. The number of fused-ring (bicyclic) bond motifs is 1. The Balaban J connectivity index is 1.32. The molecule has 12 nitrogen and oxygen atoms in total.